The number of halogens is 2. The van der Waals surface area contributed by atoms with Crippen molar-refractivity contribution in [3.63, 3.8) is 0 Å². The SMILES string of the molecule is CCOCCCNC(=NC)NC1CCN(Cc2ccc(Br)cc2)CC1.I. The number of ether oxygens (including phenoxy) is 1. The molecule has 0 spiro atoms. The van der Waals surface area contributed by atoms with Crippen molar-refractivity contribution in [1.82, 2.24) is 15.5 Å². The van der Waals surface area contributed by atoms with E-state index in [1.54, 1.807) is 0 Å². The van der Waals surface area contributed by atoms with Crippen LogP contribution >= 0.6 is 39.9 Å². The second-order valence-electron chi connectivity index (χ2n) is 6.37. The van der Waals surface area contributed by atoms with Gasteiger partial charge in [0.15, 0.2) is 5.96 Å². The lowest BCUT2D eigenvalue weighted by Crippen LogP contribution is -2.48. The predicted molar refractivity (Wildman–Crippen MR) is 123 cm³/mol. The van der Waals surface area contributed by atoms with Gasteiger partial charge in [-0.15, -0.1) is 24.0 Å². The molecule has 0 bridgehead atoms. The molecular weight excluding hydrogens is 507 g/mol. The summed E-state index contributed by atoms with van der Waals surface area (Å²) in [6.45, 7) is 7.77. The smallest absolute Gasteiger partial charge is 0.191 e. The number of benzene rings is 1. The van der Waals surface area contributed by atoms with Gasteiger partial charge in [0.25, 0.3) is 0 Å². The van der Waals surface area contributed by atoms with E-state index in [9.17, 15) is 0 Å². The van der Waals surface area contributed by atoms with E-state index in [1.165, 1.54) is 5.56 Å². The summed E-state index contributed by atoms with van der Waals surface area (Å²) in [6.07, 6.45) is 3.30. The lowest BCUT2D eigenvalue weighted by molar-refractivity contribution is 0.145. The van der Waals surface area contributed by atoms with Crippen molar-refractivity contribution in [2.75, 3.05) is 39.9 Å². The zero-order chi connectivity index (χ0) is 17.9. The van der Waals surface area contributed by atoms with E-state index in [2.05, 4.69) is 60.7 Å². The van der Waals surface area contributed by atoms with Gasteiger partial charge < -0.3 is 15.4 Å². The molecule has 1 saturated heterocycles. The molecule has 5 nitrogen and oxygen atoms in total. The zero-order valence-corrected chi connectivity index (χ0v) is 19.8. The fraction of sp³-hybridized carbons (Fsp3) is 0.632. The molecule has 1 heterocycles. The summed E-state index contributed by atoms with van der Waals surface area (Å²) in [7, 11) is 1.83. The van der Waals surface area contributed by atoms with Crippen LogP contribution in [-0.2, 0) is 11.3 Å². The Labute approximate surface area is 183 Å². The molecular formula is C19H32BrIN4O. The molecule has 2 N–H and O–H groups in total. The van der Waals surface area contributed by atoms with Crippen LogP contribution in [0.2, 0.25) is 0 Å². The third kappa shape index (κ3) is 9.01. The highest BCUT2D eigenvalue weighted by Gasteiger charge is 2.19. The summed E-state index contributed by atoms with van der Waals surface area (Å²) >= 11 is 3.49. The van der Waals surface area contributed by atoms with Crippen LogP contribution in [0.25, 0.3) is 0 Å². The van der Waals surface area contributed by atoms with Crippen LogP contribution in [0.4, 0.5) is 0 Å². The lowest BCUT2D eigenvalue weighted by atomic mass is 10.0. The summed E-state index contributed by atoms with van der Waals surface area (Å²) < 4.78 is 6.50. The van der Waals surface area contributed by atoms with Gasteiger partial charge in [-0.3, -0.25) is 9.89 Å². The van der Waals surface area contributed by atoms with Gasteiger partial charge in [0.05, 0.1) is 0 Å². The van der Waals surface area contributed by atoms with E-state index in [4.69, 9.17) is 4.74 Å². The Bertz CT molecular complexity index is 519. The molecule has 0 aromatic heterocycles. The van der Waals surface area contributed by atoms with Crippen molar-refractivity contribution < 1.29 is 4.74 Å². The minimum Gasteiger partial charge on any atom is -0.382 e. The third-order valence-corrected chi connectivity index (χ3v) is 4.96. The molecule has 1 aliphatic rings. The first-order valence-corrected chi connectivity index (χ1v) is 10.0. The summed E-state index contributed by atoms with van der Waals surface area (Å²) in [5.74, 6) is 0.905. The summed E-state index contributed by atoms with van der Waals surface area (Å²) in [4.78, 5) is 6.86. The molecule has 2 rings (SSSR count). The van der Waals surface area contributed by atoms with Crippen LogP contribution < -0.4 is 10.6 Å². The molecule has 1 fully saturated rings. The maximum atomic E-state index is 5.36. The largest absolute Gasteiger partial charge is 0.382 e. The Morgan fingerprint density at radius 1 is 1.27 bits per heavy atom. The van der Waals surface area contributed by atoms with E-state index in [0.29, 0.717) is 6.04 Å². The fourth-order valence-corrected chi connectivity index (χ4v) is 3.26. The monoisotopic (exact) mass is 538 g/mol. The molecule has 0 saturated carbocycles. The lowest BCUT2D eigenvalue weighted by Gasteiger charge is -2.33. The van der Waals surface area contributed by atoms with E-state index >= 15 is 0 Å². The molecule has 0 atom stereocenters. The molecule has 7 heteroatoms. The Morgan fingerprint density at radius 3 is 2.58 bits per heavy atom. The second-order valence-corrected chi connectivity index (χ2v) is 7.29. The second kappa shape index (κ2) is 13.7. The number of hydrogen-bond acceptors (Lipinski definition) is 3. The average Bonchev–Trinajstić information content (AvgIpc) is 2.64. The van der Waals surface area contributed by atoms with Crippen LogP contribution in [0.3, 0.4) is 0 Å². The third-order valence-electron chi connectivity index (χ3n) is 4.43. The highest BCUT2D eigenvalue weighted by Crippen LogP contribution is 2.16. The molecule has 148 valence electrons. The molecule has 1 aliphatic heterocycles. The summed E-state index contributed by atoms with van der Waals surface area (Å²) in [5, 5.41) is 6.93. The van der Waals surface area contributed by atoms with Gasteiger partial charge in [0.1, 0.15) is 0 Å². The number of hydrogen-bond donors (Lipinski definition) is 2. The summed E-state index contributed by atoms with van der Waals surface area (Å²) in [5.41, 5.74) is 1.38. The number of aliphatic imine (C=N–C) groups is 1. The van der Waals surface area contributed by atoms with Gasteiger partial charge in [-0.05, 0) is 43.9 Å². The van der Waals surface area contributed by atoms with Crippen LogP contribution in [0, 0.1) is 0 Å². The van der Waals surface area contributed by atoms with Gasteiger partial charge in [-0.1, -0.05) is 28.1 Å². The molecule has 0 radical (unpaired) electrons. The first kappa shape index (κ1) is 23.7. The van der Waals surface area contributed by atoms with E-state index < -0.39 is 0 Å². The van der Waals surface area contributed by atoms with Gasteiger partial charge in [0.2, 0.25) is 0 Å². The average molecular weight is 539 g/mol. The van der Waals surface area contributed by atoms with Gasteiger partial charge in [-0.25, -0.2) is 0 Å². The van der Waals surface area contributed by atoms with Gasteiger partial charge in [-0.2, -0.15) is 0 Å². The molecule has 0 amide bonds. The highest BCUT2D eigenvalue weighted by atomic mass is 127. The predicted octanol–water partition coefficient (Wildman–Crippen LogP) is 3.62. The number of guanidine groups is 1. The summed E-state index contributed by atoms with van der Waals surface area (Å²) in [6, 6.07) is 9.12. The van der Waals surface area contributed by atoms with Crippen molar-refractivity contribution in [2.45, 2.75) is 38.8 Å². The quantitative estimate of drug-likeness (QED) is 0.230. The number of likely N-dealkylation sites (tertiary alicyclic amines) is 1. The van der Waals surface area contributed by atoms with Crippen LogP contribution in [0.15, 0.2) is 33.7 Å². The first-order valence-electron chi connectivity index (χ1n) is 9.23. The van der Waals surface area contributed by atoms with Crippen LogP contribution in [-0.4, -0.2) is 56.8 Å². The minimum atomic E-state index is 0. The molecule has 1 aromatic rings. The topological polar surface area (TPSA) is 48.9 Å². The van der Waals surface area contributed by atoms with Crippen molar-refractivity contribution in [3.8, 4) is 0 Å². The fourth-order valence-electron chi connectivity index (χ4n) is 3.00. The maximum Gasteiger partial charge on any atom is 0.191 e. The number of rotatable bonds is 8. The van der Waals surface area contributed by atoms with Crippen molar-refractivity contribution in [2.24, 2.45) is 4.99 Å². The molecule has 26 heavy (non-hydrogen) atoms. The molecule has 0 unspecified atom stereocenters. The minimum absolute atomic E-state index is 0. The Hall–Kier alpha value is -0.380. The van der Waals surface area contributed by atoms with Crippen molar-refractivity contribution in [3.05, 3.63) is 34.3 Å². The van der Waals surface area contributed by atoms with E-state index in [0.717, 1.165) is 69.1 Å². The van der Waals surface area contributed by atoms with Crippen molar-refractivity contribution in [1.29, 1.82) is 0 Å². The number of nitrogens with zero attached hydrogens (tertiary/aromatic N) is 2. The van der Waals surface area contributed by atoms with Gasteiger partial charge in [0, 0.05) is 57.0 Å². The Balaban J connectivity index is 0.00000338. The normalized spacial score (nSPS) is 16.2. The van der Waals surface area contributed by atoms with Crippen LogP contribution in [0.5, 0.6) is 0 Å². The number of nitrogens with one attached hydrogen (secondary N) is 2. The van der Waals surface area contributed by atoms with Crippen LogP contribution in [0.1, 0.15) is 31.7 Å². The number of piperidine rings is 1. The molecule has 0 aliphatic carbocycles. The zero-order valence-electron chi connectivity index (χ0n) is 15.8. The Kier molecular flexibility index (Phi) is 12.5. The Morgan fingerprint density at radius 2 is 1.96 bits per heavy atom. The maximum absolute atomic E-state index is 5.36. The highest BCUT2D eigenvalue weighted by molar-refractivity contribution is 14.0. The molecule has 1 aromatic carbocycles. The first-order chi connectivity index (χ1) is 12.2. The standard InChI is InChI=1S/C19H31BrN4O.HI/c1-3-25-14-4-11-22-19(21-2)23-18-9-12-24(13-10-18)15-16-5-7-17(20)8-6-16;/h5-8,18H,3-4,9-15H2,1-2H3,(H2,21,22,23);1H. The van der Waals surface area contributed by atoms with Gasteiger partial charge >= 0.3 is 0 Å². The van der Waals surface area contributed by atoms with Crippen molar-refractivity contribution >= 4 is 45.9 Å². The van der Waals surface area contributed by atoms with E-state index in [-0.39, 0.29) is 24.0 Å². The van der Waals surface area contributed by atoms with E-state index in [1.807, 2.05) is 14.0 Å².